The molecule has 0 aliphatic rings. The second kappa shape index (κ2) is 2.60. The molecule has 0 bridgehead atoms. The number of hydrogen-bond acceptors (Lipinski definition) is 2. The Kier molecular flexibility index (Phi) is 2.81. The van der Waals surface area contributed by atoms with E-state index in [1.54, 1.807) is 0 Å². The van der Waals surface area contributed by atoms with Crippen LogP contribution < -0.4 is 9.38 Å². The van der Waals surface area contributed by atoms with Crippen LogP contribution in [0.15, 0.2) is 0 Å². The van der Waals surface area contributed by atoms with Crippen LogP contribution in [0.5, 0.6) is 0 Å². The van der Waals surface area contributed by atoms with Crippen LogP contribution in [-0.2, 0) is 0 Å². The van der Waals surface area contributed by atoms with Crippen LogP contribution in [0.1, 0.15) is 13.8 Å². The third kappa shape index (κ3) is 2.69. The molecule has 0 aliphatic carbocycles. The van der Waals surface area contributed by atoms with Gasteiger partial charge in [0.15, 0.2) is 0 Å². The van der Waals surface area contributed by atoms with Gasteiger partial charge in [-0.3, -0.25) is 0 Å². The minimum atomic E-state index is -1.63. The Morgan fingerprint density at radius 1 is 1.33 bits per heavy atom. The predicted octanol–water partition coefficient (Wildman–Crippen LogP) is -0.466. The molecule has 0 fully saturated rings. The van der Waals surface area contributed by atoms with Crippen molar-refractivity contribution < 1.29 is 0 Å². The van der Waals surface area contributed by atoms with Gasteiger partial charge in [0.2, 0.25) is 0 Å². The first-order valence-electron chi connectivity index (χ1n) is 2.15. The summed E-state index contributed by atoms with van der Waals surface area (Å²) in [5.41, 5.74) is 0. The molecule has 0 saturated heterocycles. The van der Waals surface area contributed by atoms with Crippen molar-refractivity contribution >= 4 is 14.8 Å². The van der Waals surface area contributed by atoms with E-state index in [2.05, 4.69) is 13.8 Å². The molecule has 0 aromatic carbocycles. The fourth-order valence-electron chi connectivity index (χ4n) is 0. The second-order valence-corrected chi connectivity index (χ2v) is 7.04. The predicted molar refractivity (Wildman–Crippen MR) is 30.6 cm³/mol. The summed E-state index contributed by atoms with van der Waals surface area (Å²) >= 11 is -1.63. The van der Waals surface area contributed by atoms with Gasteiger partial charge in [-0.2, -0.15) is 0 Å². The van der Waals surface area contributed by atoms with Crippen LogP contribution >= 0.6 is 0 Å². The summed E-state index contributed by atoms with van der Waals surface area (Å²) < 4.78 is 11.4. The van der Waals surface area contributed by atoms with Crippen molar-refractivity contribution in [2.24, 2.45) is 9.38 Å². The van der Waals surface area contributed by atoms with Crippen LogP contribution in [0.25, 0.3) is 0 Å². The molecule has 0 aromatic heterocycles. The Hall–Kier alpha value is 0.463. The third-order valence-electron chi connectivity index (χ3n) is 0.770. The molecule has 0 spiro atoms. The molecule has 0 saturated carbocycles. The molecule has 0 rings (SSSR count). The Balaban J connectivity index is 2.99. The Morgan fingerprint density at radius 3 is 1.50 bits per heavy atom. The summed E-state index contributed by atoms with van der Waals surface area (Å²) in [5.74, 6) is 0. The first-order valence-corrected chi connectivity index (χ1v) is 6.35. The van der Waals surface area contributed by atoms with Crippen LogP contribution in [0.3, 0.4) is 0 Å². The molecule has 0 aromatic rings. The summed E-state index contributed by atoms with van der Waals surface area (Å²) in [4.78, 5) is 0. The average molecular weight is 149 g/mol. The fraction of sp³-hybridized carbons (Fsp3) is 1.00. The van der Waals surface area contributed by atoms with E-state index in [1.807, 2.05) is 0 Å². The van der Waals surface area contributed by atoms with Crippen molar-refractivity contribution in [3.63, 3.8) is 0 Å². The van der Waals surface area contributed by atoms with Gasteiger partial charge in [0.25, 0.3) is 0 Å². The second-order valence-electron chi connectivity index (χ2n) is 1.82. The van der Waals surface area contributed by atoms with Crippen molar-refractivity contribution in [1.29, 1.82) is 0 Å². The van der Waals surface area contributed by atoms with Gasteiger partial charge in [0.1, 0.15) is 0 Å². The van der Waals surface area contributed by atoms with Crippen molar-refractivity contribution in [3.8, 4) is 0 Å². The van der Waals surface area contributed by atoms with Crippen molar-refractivity contribution in [3.05, 3.63) is 0 Å². The van der Waals surface area contributed by atoms with Crippen LogP contribution in [0, 0.1) is 0 Å². The molecular formula is C3H12GeN2. The Labute approximate surface area is 43.4 Å². The first kappa shape index (κ1) is 6.46. The Morgan fingerprint density at radius 2 is 1.50 bits per heavy atom. The van der Waals surface area contributed by atoms with Gasteiger partial charge in [0.05, 0.1) is 0 Å². The molecule has 0 amide bonds. The van der Waals surface area contributed by atoms with Gasteiger partial charge in [-0.05, 0) is 0 Å². The number of nitrogens with two attached hydrogens (primary N) is 2. The minimum absolute atomic E-state index is 0.595. The van der Waals surface area contributed by atoms with Gasteiger partial charge in [-0.1, -0.05) is 0 Å². The van der Waals surface area contributed by atoms with Gasteiger partial charge >= 0.3 is 42.8 Å². The average Bonchev–Trinajstić information content (AvgIpc) is 1.36. The van der Waals surface area contributed by atoms with E-state index in [4.69, 9.17) is 9.38 Å². The molecule has 0 atom stereocenters. The molecule has 2 nitrogen and oxygen atoms in total. The third-order valence-corrected chi connectivity index (χ3v) is 4.00. The molecule has 6 heavy (non-hydrogen) atoms. The molecular weight excluding hydrogens is 137 g/mol. The SMILES string of the molecule is C[CH](C)[GeH]([NH2])[NH2]. The van der Waals surface area contributed by atoms with Gasteiger partial charge in [0, 0.05) is 0 Å². The van der Waals surface area contributed by atoms with Crippen molar-refractivity contribution in [2.75, 3.05) is 0 Å². The summed E-state index contributed by atoms with van der Waals surface area (Å²) in [6, 6.07) is 0. The standard InChI is InChI=1S/C3H12GeN2/c1-3(2)4(5)6/h3-4H,5-6H2,1-2H3. The maximum atomic E-state index is 5.40. The fourth-order valence-corrected chi connectivity index (χ4v) is 0. The van der Waals surface area contributed by atoms with E-state index in [0.29, 0.717) is 4.75 Å². The maximum absolute atomic E-state index is 5.40. The monoisotopic (exact) mass is 150 g/mol. The van der Waals surface area contributed by atoms with Gasteiger partial charge in [-0.25, -0.2) is 0 Å². The molecule has 0 heterocycles. The zero-order chi connectivity index (χ0) is 5.15. The summed E-state index contributed by atoms with van der Waals surface area (Å²) in [6.07, 6.45) is 0. The summed E-state index contributed by atoms with van der Waals surface area (Å²) in [5, 5.41) is 0. The molecule has 38 valence electrons. The van der Waals surface area contributed by atoms with Crippen LogP contribution in [0.4, 0.5) is 0 Å². The zero-order valence-electron chi connectivity index (χ0n) is 4.31. The first-order chi connectivity index (χ1) is 2.64. The molecule has 0 radical (unpaired) electrons. The van der Waals surface area contributed by atoms with Crippen LogP contribution in [-0.4, -0.2) is 14.8 Å². The van der Waals surface area contributed by atoms with Gasteiger partial charge in [-0.15, -0.1) is 0 Å². The molecule has 4 N–H and O–H groups in total. The normalized spacial score (nSPS) is 11.0. The Bertz CT molecular complexity index is 29.8. The molecule has 0 aliphatic heterocycles. The van der Waals surface area contributed by atoms with E-state index in [0.717, 1.165) is 0 Å². The van der Waals surface area contributed by atoms with Crippen molar-refractivity contribution in [2.45, 2.75) is 18.6 Å². The van der Waals surface area contributed by atoms with E-state index in [1.165, 1.54) is 0 Å². The number of hydrogen-bond donors (Lipinski definition) is 2. The number of rotatable bonds is 1. The van der Waals surface area contributed by atoms with E-state index in [9.17, 15) is 0 Å². The van der Waals surface area contributed by atoms with E-state index in [-0.39, 0.29) is 0 Å². The zero-order valence-corrected chi connectivity index (χ0v) is 6.73. The molecule has 0 unspecified atom stereocenters. The summed E-state index contributed by atoms with van der Waals surface area (Å²) in [6.45, 7) is 4.15. The topological polar surface area (TPSA) is 52.0 Å². The van der Waals surface area contributed by atoms with Gasteiger partial charge < -0.3 is 0 Å². The van der Waals surface area contributed by atoms with Crippen LogP contribution in [0.2, 0.25) is 4.75 Å². The van der Waals surface area contributed by atoms with E-state index < -0.39 is 14.8 Å². The summed E-state index contributed by atoms with van der Waals surface area (Å²) in [7, 11) is 0. The van der Waals surface area contributed by atoms with Crippen molar-refractivity contribution in [1.82, 2.24) is 0 Å². The van der Waals surface area contributed by atoms with E-state index >= 15 is 0 Å². The quantitative estimate of drug-likeness (QED) is 0.495. The molecule has 3 heteroatoms.